The molecule has 1 saturated heterocycles. The Balaban J connectivity index is 1.40. The second-order valence-electron chi connectivity index (χ2n) is 7.94. The van der Waals surface area contributed by atoms with Crippen molar-refractivity contribution in [1.29, 1.82) is 0 Å². The molecule has 0 radical (unpaired) electrons. The van der Waals surface area contributed by atoms with Crippen LogP contribution in [-0.4, -0.2) is 61.3 Å². The molecule has 0 bridgehead atoms. The fourth-order valence-corrected chi connectivity index (χ4v) is 4.84. The van der Waals surface area contributed by atoms with E-state index in [4.69, 9.17) is 0 Å². The Kier molecular flexibility index (Phi) is 6.95. The standard InChI is InChI=1S/C25H25N3O5S/c29-23-12-5-4-11-22(23)25(31)28-15-13-27(14-16-28)24(30)20-9-6-10-21(17-20)34(32,33)26-18-19-7-2-1-3-8-19/h1-12,17,26,29H,13-16,18H2. The molecule has 1 fully saturated rings. The van der Waals surface area contributed by atoms with Crippen LogP contribution in [0.2, 0.25) is 0 Å². The van der Waals surface area contributed by atoms with E-state index in [1.165, 1.54) is 18.2 Å². The minimum Gasteiger partial charge on any atom is -0.507 e. The van der Waals surface area contributed by atoms with Gasteiger partial charge in [-0.2, -0.15) is 0 Å². The molecule has 0 atom stereocenters. The molecule has 1 aliphatic heterocycles. The summed E-state index contributed by atoms with van der Waals surface area (Å²) in [6.07, 6.45) is 0. The number of aromatic hydroxyl groups is 1. The van der Waals surface area contributed by atoms with Crippen molar-refractivity contribution in [3.8, 4) is 5.75 Å². The maximum Gasteiger partial charge on any atom is 0.257 e. The lowest BCUT2D eigenvalue weighted by atomic mass is 10.1. The number of rotatable bonds is 6. The second-order valence-corrected chi connectivity index (χ2v) is 9.71. The summed E-state index contributed by atoms with van der Waals surface area (Å²) in [6, 6.07) is 21.5. The molecule has 9 heteroatoms. The van der Waals surface area contributed by atoms with Crippen LogP contribution >= 0.6 is 0 Å². The van der Waals surface area contributed by atoms with Crippen LogP contribution < -0.4 is 4.72 Å². The Bertz CT molecular complexity index is 1290. The number of benzene rings is 3. The minimum atomic E-state index is -3.80. The van der Waals surface area contributed by atoms with E-state index in [1.807, 2.05) is 30.3 Å². The fourth-order valence-electron chi connectivity index (χ4n) is 3.77. The van der Waals surface area contributed by atoms with Crippen LogP contribution in [0.5, 0.6) is 5.75 Å². The summed E-state index contributed by atoms with van der Waals surface area (Å²) in [5.41, 5.74) is 1.32. The summed E-state index contributed by atoms with van der Waals surface area (Å²) in [7, 11) is -3.80. The summed E-state index contributed by atoms with van der Waals surface area (Å²) < 4.78 is 28.0. The van der Waals surface area contributed by atoms with Crippen molar-refractivity contribution in [2.45, 2.75) is 11.4 Å². The van der Waals surface area contributed by atoms with Crippen LogP contribution in [0.4, 0.5) is 0 Å². The van der Waals surface area contributed by atoms with E-state index in [9.17, 15) is 23.1 Å². The predicted molar refractivity (Wildman–Crippen MR) is 127 cm³/mol. The number of sulfonamides is 1. The topological polar surface area (TPSA) is 107 Å². The molecule has 176 valence electrons. The third-order valence-electron chi connectivity index (χ3n) is 5.69. The Morgan fingerprint density at radius 3 is 2.09 bits per heavy atom. The van der Waals surface area contributed by atoms with Crippen LogP contribution in [0.1, 0.15) is 26.3 Å². The van der Waals surface area contributed by atoms with Gasteiger partial charge in [-0.25, -0.2) is 13.1 Å². The first kappa shape index (κ1) is 23.5. The number of phenols is 1. The number of carbonyl (C=O) groups is 2. The maximum atomic E-state index is 13.0. The van der Waals surface area contributed by atoms with Crippen molar-refractivity contribution in [2.24, 2.45) is 0 Å². The Morgan fingerprint density at radius 2 is 1.41 bits per heavy atom. The van der Waals surface area contributed by atoms with Gasteiger partial charge in [0.25, 0.3) is 11.8 Å². The summed E-state index contributed by atoms with van der Waals surface area (Å²) >= 11 is 0. The largest absolute Gasteiger partial charge is 0.507 e. The van der Waals surface area contributed by atoms with E-state index in [0.717, 1.165) is 5.56 Å². The molecule has 34 heavy (non-hydrogen) atoms. The molecular formula is C25H25N3O5S. The molecule has 2 amide bonds. The first-order valence-electron chi connectivity index (χ1n) is 10.9. The number of para-hydroxylation sites is 1. The fraction of sp³-hybridized carbons (Fsp3) is 0.200. The molecule has 0 aliphatic carbocycles. The first-order valence-corrected chi connectivity index (χ1v) is 12.3. The predicted octanol–water partition coefficient (Wildman–Crippen LogP) is 2.47. The zero-order valence-electron chi connectivity index (χ0n) is 18.4. The van der Waals surface area contributed by atoms with Gasteiger partial charge in [0.05, 0.1) is 10.5 Å². The number of piperazine rings is 1. The molecule has 2 N–H and O–H groups in total. The van der Waals surface area contributed by atoms with Gasteiger partial charge in [-0.3, -0.25) is 9.59 Å². The molecule has 1 aliphatic rings. The van der Waals surface area contributed by atoms with Gasteiger partial charge in [-0.1, -0.05) is 48.5 Å². The maximum absolute atomic E-state index is 13.0. The molecule has 3 aromatic carbocycles. The van der Waals surface area contributed by atoms with E-state index in [-0.39, 0.29) is 40.1 Å². The highest BCUT2D eigenvalue weighted by Crippen LogP contribution is 2.20. The Labute approximate surface area is 198 Å². The molecule has 3 aromatic rings. The molecule has 0 unspecified atom stereocenters. The Morgan fingerprint density at radius 1 is 0.794 bits per heavy atom. The third kappa shape index (κ3) is 5.27. The number of nitrogens with zero attached hydrogens (tertiary/aromatic N) is 2. The van der Waals surface area contributed by atoms with Gasteiger partial charge in [0.15, 0.2) is 0 Å². The average molecular weight is 480 g/mol. The summed E-state index contributed by atoms with van der Waals surface area (Å²) in [5, 5.41) is 9.93. The zero-order chi connectivity index (χ0) is 24.1. The Hall–Kier alpha value is -3.69. The number of phenolic OH excluding ortho intramolecular Hbond substituents is 1. The van der Waals surface area contributed by atoms with Crippen molar-refractivity contribution in [2.75, 3.05) is 26.2 Å². The smallest absolute Gasteiger partial charge is 0.257 e. The van der Waals surface area contributed by atoms with Gasteiger partial charge in [0.2, 0.25) is 10.0 Å². The molecule has 0 saturated carbocycles. The van der Waals surface area contributed by atoms with E-state index in [1.54, 1.807) is 40.1 Å². The SMILES string of the molecule is O=C(c1cccc(S(=O)(=O)NCc2ccccc2)c1)N1CCN(C(=O)c2ccccc2O)CC1. The second kappa shape index (κ2) is 10.1. The highest BCUT2D eigenvalue weighted by molar-refractivity contribution is 7.89. The molecule has 0 spiro atoms. The van der Waals surface area contributed by atoms with Crippen molar-refractivity contribution >= 4 is 21.8 Å². The molecule has 1 heterocycles. The number of hydrogen-bond donors (Lipinski definition) is 2. The van der Waals surface area contributed by atoms with Crippen LogP contribution in [0.15, 0.2) is 83.8 Å². The van der Waals surface area contributed by atoms with Gasteiger partial charge in [-0.05, 0) is 35.9 Å². The lowest BCUT2D eigenvalue weighted by molar-refractivity contribution is 0.0533. The van der Waals surface area contributed by atoms with Crippen LogP contribution in [0, 0.1) is 0 Å². The minimum absolute atomic E-state index is 0.0163. The lowest BCUT2D eigenvalue weighted by Crippen LogP contribution is -2.50. The average Bonchev–Trinajstić information content (AvgIpc) is 2.88. The van der Waals surface area contributed by atoms with Gasteiger partial charge in [0, 0.05) is 38.3 Å². The normalized spacial score (nSPS) is 14.1. The van der Waals surface area contributed by atoms with Gasteiger partial charge in [0.1, 0.15) is 5.75 Å². The highest BCUT2D eigenvalue weighted by Gasteiger charge is 2.27. The van der Waals surface area contributed by atoms with Crippen molar-refractivity contribution in [3.05, 3.63) is 95.6 Å². The number of amides is 2. The summed E-state index contributed by atoms with van der Waals surface area (Å²) in [5.74, 6) is -0.664. The number of carbonyl (C=O) groups excluding carboxylic acids is 2. The number of nitrogens with one attached hydrogen (secondary N) is 1. The number of hydrogen-bond acceptors (Lipinski definition) is 5. The van der Waals surface area contributed by atoms with E-state index < -0.39 is 10.0 Å². The lowest BCUT2D eigenvalue weighted by Gasteiger charge is -2.35. The van der Waals surface area contributed by atoms with Crippen molar-refractivity contribution in [3.63, 3.8) is 0 Å². The summed E-state index contributed by atoms with van der Waals surface area (Å²) in [4.78, 5) is 28.9. The van der Waals surface area contributed by atoms with Crippen LogP contribution in [-0.2, 0) is 16.6 Å². The molecular weight excluding hydrogens is 454 g/mol. The van der Waals surface area contributed by atoms with E-state index >= 15 is 0 Å². The quantitative estimate of drug-likeness (QED) is 0.565. The van der Waals surface area contributed by atoms with E-state index in [0.29, 0.717) is 26.2 Å². The van der Waals surface area contributed by atoms with Gasteiger partial charge in [-0.15, -0.1) is 0 Å². The van der Waals surface area contributed by atoms with E-state index in [2.05, 4.69) is 4.72 Å². The highest BCUT2D eigenvalue weighted by atomic mass is 32.2. The molecule has 8 nitrogen and oxygen atoms in total. The zero-order valence-corrected chi connectivity index (χ0v) is 19.2. The molecule has 0 aromatic heterocycles. The third-order valence-corrected chi connectivity index (χ3v) is 7.09. The monoisotopic (exact) mass is 479 g/mol. The van der Waals surface area contributed by atoms with Crippen molar-refractivity contribution in [1.82, 2.24) is 14.5 Å². The van der Waals surface area contributed by atoms with Gasteiger partial charge >= 0.3 is 0 Å². The first-order chi connectivity index (χ1) is 16.3. The van der Waals surface area contributed by atoms with Gasteiger partial charge < -0.3 is 14.9 Å². The van der Waals surface area contributed by atoms with Crippen LogP contribution in [0.3, 0.4) is 0 Å². The van der Waals surface area contributed by atoms with Crippen molar-refractivity contribution < 1.29 is 23.1 Å². The molecule has 4 rings (SSSR count). The summed E-state index contributed by atoms with van der Waals surface area (Å²) in [6.45, 7) is 1.39. The van der Waals surface area contributed by atoms with Crippen LogP contribution in [0.25, 0.3) is 0 Å².